The molecule has 1 aliphatic rings. The maximum absolute atomic E-state index is 10.9. The molecule has 36 heavy (non-hydrogen) atoms. The minimum absolute atomic E-state index is 0.120. The molecule has 1 aliphatic heterocycles. The molecule has 0 saturated carbocycles. The Labute approximate surface area is 213 Å². The highest BCUT2D eigenvalue weighted by Gasteiger charge is 2.25. The number of nitrogens with zero attached hydrogens (tertiary/aromatic N) is 2. The second-order valence-corrected chi connectivity index (χ2v) is 9.85. The normalized spacial score (nSPS) is 17.2. The summed E-state index contributed by atoms with van der Waals surface area (Å²) in [6.07, 6.45) is 4.30. The average molecular weight is 489 g/mol. The van der Waals surface area contributed by atoms with E-state index in [9.17, 15) is 15.2 Å². The van der Waals surface area contributed by atoms with Crippen LogP contribution in [0.1, 0.15) is 68.1 Å². The highest BCUT2D eigenvalue weighted by molar-refractivity contribution is 5.52. The highest BCUT2D eigenvalue weighted by Crippen LogP contribution is 2.33. The molecule has 0 bridgehead atoms. The molecular weight excluding hydrogens is 452 g/mol. The van der Waals surface area contributed by atoms with E-state index in [0.717, 1.165) is 43.5 Å². The number of ether oxygens (including phenoxy) is 1. The van der Waals surface area contributed by atoms with E-state index in [-0.39, 0.29) is 16.7 Å². The number of phenolic OH excluding ortho intramolecular Hbond substituents is 1. The second kappa shape index (κ2) is 12.0. The number of rotatable bonds is 11. The Morgan fingerprint density at radius 2 is 1.69 bits per heavy atom. The zero-order chi connectivity index (χ0) is 25.5. The summed E-state index contributed by atoms with van der Waals surface area (Å²) in [4.78, 5) is 12.9. The molecule has 4 rings (SSSR count). The quantitative estimate of drug-likeness (QED) is 0.229. The van der Waals surface area contributed by atoms with Gasteiger partial charge in [-0.15, -0.1) is 0 Å². The van der Waals surface area contributed by atoms with Gasteiger partial charge in [-0.2, -0.15) is 0 Å². The zero-order valence-electron chi connectivity index (χ0n) is 21.2. The van der Waals surface area contributed by atoms with E-state index < -0.39 is 0 Å². The van der Waals surface area contributed by atoms with Crippen LogP contribution in [0.25, 0.3) is 0 Å². The number of nitro benzene ring substituents is 1. The minimum Gasteiger partial charge on any atom is -0.508 e. The van der Waals surface area contributed by atoms with Crippen molar-refractivity contribution in [2.45, 2.75) is 64.0 Å². The molecule has 0 radical (unpaired) electrons. The number of anilines is 1. The molecule has 3 atom stereocenters. The van der Waals surface area contributed by atoms with Crippen molar-refractivity contribution < 1.29 is 14.8 Å². The fourth-order valence-corrected chi connectivity index (χ4v) is 5.22. The van der Waals surface area contributed by atoms with Crippen LogP contribution >= 0.6 is 0 Å². The Balaban J connectivity index is 1.28. The van der Waals surface area contributed by atoms with Crippen molar-refractivity contribution >= 4 is 11.4 Å². The summed E-state index contributed by atoms with van der Waals surface area (Å²) in [5.41, 5.74) is 4.91. The molecule has 0 spiro atoms. The molecule has 3 aromatic carbocycles. The number of non-ortho nitro benzene ring substituents is 1. The first-order valence-electron chi connectivity index (χ1n) is 12.9. The van der Waals surface area contributed by atoms with E-state index in [0.29, 0.717) is 30.8 Å². The first-order valence-corrected chi connectivity index (χ1v) is 12.9. The van der Waals surface area contributed by atoms with Gasteiger partial charge in [0.05, 0.1) is 24.2 Å². The van der Waals surface area contributed by atoms with Crippen molar-refractivity contribution in [2.24, 2.45) is 0 Å². The third-order valence-electron chi connectivity index (χ3n) is 7.39. The molecule has 0 amide bonds. The van der Waals surface area contributed by atoms with Crippen molar-refractivity contribution in [1.82, 2.24) is 0 Å². The van der Waals surface area contributed by atoms with Gasteiger partial charge >= 0.3 is 0 Å². The monoisotopic (exact) mass is 488 g/mol. The highest BCUT2D eigenvalue weighted by atomic mass is 16.6. The minimum atomic E-state index is -0.363. The van der Waals surface area contributed by atoms with E-state index in [1.54, 1.807) is 24.3 Å². The summed E-state index contributed by atoms with van der Waals surface area (Å²) in [7, 11) is 0. The number of benzene rings is 3. The van der Waals surface area contributed by atoms with E-state index in [1.807, 2.05) is 24.3 Å². The van der Waals surface area contributed by atoms with E-state index >= 15 is 0 Å². The van der Waals surface area contributed by atoms with Crippen molar-refractivity contribution in [2.75, 3.05) is 18.1 Å². The van der Waals surface area contributed by atoms with Gasteiger partial charge in [0.15, 0.2) is 0 Å². The molecule has 1 N–H and O–H groups in total. The van der Waals surface area contributed by atoms with Crippen LogP contribution in [-0.2, 0) is 11.3 Å². The fourth-order valence-electron chi connectivity index (χ4n) is 5.22. The van der Waals surface area contributed by atoms with Gasteiger partial charge in [-0.3, -0.25) is 10.1 Å². The Hall–Kier alpha value is -3.38. The van der Waals surface area contributed by atoms with Crippen LogP contribution in [0.2, 0.25) is 0 Å². The van der Waals surface area contributed by atoms with E-state index in [1.165, 1.54) is 11.1 Å². The molecule has 1 saturated heterocycles. The Morgan fingerprint density at radius 3 is 2.33 bits per heavy atom. The number of hydrogen-bond donors (Lipinski definition) is 1. The number of phenols is 1. The van der Waals surface area contributed by atoms with Crippen LogP contribution in [0.3, 0.4) is 0 Å². The lowest BCUT2D eigenvalue weighted by Crippen LogP contribution is -2.33. The first-order chi connectivity index (χ1) is 17.4. The summed E-state index contributed by atoms with van der Waals surface area (Å²) in [5.74, 6) is 1.22. The molecule has 3 aromatic rings. The molecule has 190 valence electrons. The van der Waals surface area contributed by atoms with Crippen LogP contribution in [0.5, 0.6) is 5.75 Å². The standard InChI is InChI=1S/C30H36N2O4/c1-3-24(26-10-16-30(33)17-11-26)19-22(2)25-8-6-23(7-9-25)20-36-21-29-5-4-18-31(29)27-12-14-28(15-13-27)32(34)35/h6-17,22,24,29,33H,3-5,18-21H2,1-2H3. The molecule has 1 fully saturated rings. The second-order valence-electron chi connectivity index (χ2n) is 9.85. The molecule has 3 unspecified atom stereocenters. The molecule has 1 heterocycles. The van der Waals surface area contributed by atoms with Gasteiger partial charge in [-0.25, -0.2) is 0 Å². The Kier molecular flexibility index (Phi) is 8.60. The summed E-state index contributed by atoms with van der Waals surface area (Å²) in [6.45, 7) is 6.66. The molecule has 0 aromatic heterocycles. The van der Waals surface area contributed by atoms with Gasteiger partial charge in [0.1, 0.15) is 5.75 Å². The molecule has 6 heteroatoms. The van der Waals surface area contributed by atoms with Gasteiger partial charge in [0.25, 0.3) is 5.69 Å². The fraction of sp³-hybridized carbons (Fsp3) is 0.400. The van der Waals surface area contributed by atoms with Crippen LogP contribution in [0, 0.1) is 10.1 Å². The predicted molar refractivity (Wildman–Crippen MR) is 144 cm³/mol. The zero-order valence-corrected chi connectivity index (χ0v) is 21.2. The van der Waals surface area contributed by atoms with Gasteiger partial charge in [0.2, 0.25) is 0 Å². The number of aromatic hydroxyl groups is 1. The lowest BCUT2D eigenvalue weighted by atomic mass is 9.84. The third-order valence-corrected chi connectivity index (χ3v) is 7.39. The van der Waals surface area contributed by atoms with E-state index in [2.05, 4.69) is 43.0 Å². The largest absolute Gasteiger partial charge is 0.508 e. The predicted octanol–water partition coefficient (Wildman–Crippen LogP) is 7.17. The molecule has 0 aliphatic carbocycles. The Morgan fingerprint density at radius 1 is 1.03 bits per heavy atom. The van der Waals surface area contributed by atoms with Crippen LogP contribution < -0.4 is 4.90 Å². The van der Waals surface area contributed by atoms with Gasteiger partial charge in [0, 0.05) is 24.4 Å². The first kappa shape index (κ1) is 25.7. The van der Waals surface area contributed by atoms with Crippen molar-refractivity contribution in [3.8, 4) is 5.75 Å². The van der Waals surface area contributed by atoms with Crippen molar-refractivity contribution in [3.05, 3.63) is 99.6 Å². The maximum Gasteiger partial charge on any atom is 0.269 e. The van der Waals surface area contributed by atoms with Crippen LogP contribution in [-0.4, -0.2) is 29.2 Å². The lowest BCUT2D eigenvalue weighted by Gasteiger charge is -2.26. The topological polar surface area (TPSA) is 75.8 Å². The maximum atomic E-state index is 10.9. The summed E-state index contributed by atoms with van der Waals surface area (Å²) >= 11 is 0. The van der Waals surface area contributed by atoms with Crippen LogP contribution in [0.4, 0.5) is 11.4 Å². The van der Waals surface area contributed by atoms with Gasteiger partial charge in [-0.05, 0) is 78.5 Å². The third kappa shape index (κ3) is 6.43. The molecular formula is C30H36N2O4. The Bertz CT molecular complexity index is 1110. The van der Waals surface area contributed by atoms with Gasteiger partial charge in [-0.1, -0.05) is 50.2 Å². The SMILES string of the molecule is CCC(CC(C)c1ccc(COCC2CCCN2c2ccc([N+](=O)[O-])cc2)cc1)c1ccc(O)cc1. The van der Waals surface area contributed by atoms with Crippen LogP contribution in [0.15, 0.2) is 72.8 Å². The lowest BCUT2D eigenvalue weighted by molar-refractivity contribution is -0.384. The van der Waals surface area contributed by atoms with Gasteiger partial charge < -0.3 is 14.7 Å². The smallest absolute Gasteiger partial charge is 0.269 e. The average Bonchev–Trinajstić information content (AvgIpc) is 3.36. The number of nitro groups is 1. The van der Waals surface area contributed by atoms with E-state index in [4.69, 9.17) is 4.74 Å². The van der Waals surface area contributed by atoms with Crippen molar-refractivity contribution in [3.63, 3.8) is 0 Å². The summed E-state index contributed by atoms with van der Waals surface area (Å²) in [5, 5.41) is 20.5. The molecule has 6 nitrogen and oxygen atoms in total. The summed E-state index contributed by atoms with van der Waals surface area (Å²) in [6, 6.07) is 23.5. The summed E-state index contributed by atoms with van der Waals surface area (Å²) < 4.78 is 6.10. The number of hydrogen-bond acceptors (Lipinski definition) is 5. The van der Waals surface area contributed by atoms with Crippen molar-refractivity contribution in [1.29, 1.82) is 0 Å².